The minimum atomic E-state index is -4.64. The number of anilines is 1. The summed E-state index contributed by atoms with van der Waals surface area (Å²) in [6.45, 7) is 1.31. The number of aryl methyl sites for hydroxylation is 1. The summed E-state index contributed by atoms with van der Waals surface area (Å²) in [5, 5.41) is 10.0. The van der Waals surface area contributed by atoms with Crippen LogP contribution in [0.2, 0.25) is 0 Å². The standard InChI is InChI=1S/C21H24F5N5O2/c1-12-7-17(30-29-12)19(2,13-3-4-13)28-18(32)14-8-16(33-11-21(24,25)26)15(9-27-14)31-6-5-20(22,23)10-31/h7-9,13H,3-6,10-11H2,1-2H3,(H,28,32)(H,29,30). The number of amides is 1. The van der Waals surface area contributed by atoms with E-state index in [1.807, 2.05) is 19.9 Å². The van der Waals surface area contributed by atoms with Gasteiger partial charge in [-0.2, -0.15) is 18.3 Å². The molecule has 1 atom stereocenters. The number of aromatic nitrogens is 3. The van der Waals surface area contributed by atoms with Gasteiger partial charge in [0.25, 0.3) is 11.8 Å². The quantitative estimate of drug-likeness (QED) is 0.595. The summed E-state index contributed by atoms with van der Waals surface area (Å²) in [5.74, 6) is -3.77. The Morgan fingerprint density at radius 3 is 2.61 bits per heavy atom. The number of hydrogen-bond donors (Lipinski definition) is 2. The molecule has 1 unspecified atom stereocenters. The van der Waals surface area contributed by atoms with Crippen molar-refractivity contribution in [3.63, 3.8) is 0 Å². The third kappa shape index (κ3) is 5.19. The minimum absolute atomic E-state index is 0.0131. The predicted octanol–water partition coefficient (Wildman–Crippen LogP) is 3.95. The van der Waals surface area contributed by atoms with E-state index in [4.69, 9.17) is 4.74 Å². The second-order valence-electron chi connectivity index (χ2n) is 8.84. The molecule has 33 heavy (non-hydrogen) atoms. The Morgan fingerprint density at radius 2 is 2.06 bits per heavy atom. The molecule has 180 valence electrons. The topological polar surface area (TPSA) is 83.1 Å². The molecule has 2 aromatic rings. The van der Waals surface area contributed by atoms with Crippen molar-refractivity contribution < 1.29 is 31.5 Å². The monoisotopic (exact) mass is 473 g/mol. The third-order valence-electron chi connectivity index (χ3n) is 5.99. The van der Waals surface area contributed by atoms with Gasteiger partial charge in [-0.05, 0) is 38.7 Å². The van der Waals surface area contributed by atoms with Crippen LogP contribution in [0.4, 0.5) is 27.6 Å². The van der Waals surface area contributed by atoms with Crippen LogP contribution in [0.3, 0.4) is 0 Å². The van der Waals surface area contributed by atoms with Gasteiger partial charge in [0, 0.05) is 24.7 Å². The summed E-state index contributed by atoms with van der Waals surface area (Å²) in [7, 11) is 0. The Balaban J connectivity index is 1.60. The van der Waals surface area contributed by atoms with Crippen LogP contribution in [0.5, 0.6) is 5.75 Å². The first-order valence-electron chi connectivity index (χ1n) is 10.5. The molecule has 0 spiro atoms. The molecule has 2 fully saturated rings. The molecular weight excluding hydrogens is 449 g/mol. The van der Waals surface area contributed by atoms with Gasteiger partial charge in [0.05, 0.1) is 29.7 Å². The first-order chi connectivity index (χ1) is 15.4. The summed E-state index contributed by atoms with van der Waals surface area (Å²) in [6, 6.07) is 2.89. The lowest BCUT2D eigenvalue weighted by molar-refractivity contribution is -0.153. The highest BCUT2D eigenvalue weighted by atomic mass is 19.4. The van der Waals surface area contributed by atoms with Crippen LogP contribution in [-0.2, 0) is 5.54 Å². The predicted molar refractivity (Wildman–Crippen MR) is 108 cm³/mol. The zero-order chi connectivity index (χ0) is 24.0. The van der Waals surface area contributed by atoms with E-state index < -0.39 is 43.1 Å². The zero-order valence-electron chi connectivity index (χ0n) is 18.1. The Kier molecular flexibility index (Phi) is 5.73. The number of ether oxygens (including phenoxy) is 1. The number of carbonyl (C=O) groups is 1. The van der Waals surface area contributed by atoms with Crippen molar-refractivity contribution in [2.75, 3.05) is 24.6 Å². The number of rotatable bonds is 7. The molecule has 1 aliphatic heterocycles. The fraction of sp³-hybridized carbons (Fsp3) is 0.571. The van der Waals surface area contributed by atoms with Gasteiger partial charge in [0.2, 0.25) is 0 Å². The Bertz CT molecular complexity index is 1040. The summed E-state index contributed by atoms with van der Waals surface area (Å²) in [5.41, 5.74) is 0.465. The van der Waals surface area contributed by atoms with Crippen molar-refractivity contribution in [2.45, 2.75) is 50.7 Å². The van der Waals surface area contributed by atoms with E-state index in [0.29, 0.717) is 5.69 Å². The van der Waals surface area contributed by atoms with E-state index in [-0.39, 0.29) is 29.6 Å². The van der Waals surface area contributed by atoms with Crippen molar-refractivity contribution in [3.05, 3.63) is 35.4 Å². The average molecular weight is 473 g/mol. The molecule has 0 radical (unpaired) electrons. The minimum Gasteiger partial charge on any atom is -0.482 e. The highest BCUT2D eigenvalue weighted by molar-refractivity contribution is 5.93. The third-order valence-corrected chi connectivity index (χ3v) is 5.99. The number of H-pyrrole nitrogens is 1. The highest BCUT2D eigenvalue weighted by Crippen LogP contribution is 2.45. The fourth-order valence-corrected chi connectivity index (χ4v) is 4.03. The van der Waals surface area contributed by atoms with Gasteiger partial charge >= 0.3 is 6.18 Å². The Morgan fingerprint density at radius 1 is 1.33 bits per heavy atom. The molecule has 2 aliphatic rings. The number of halogens is 5. The second kappa shape index (κ2) is 8.14. The van der Waals surface area contributed by atoms with Crippen molar-refractivity contribution >= 4 is 11.6 Å². The van der Waals surface area contributed by atoms with Gasteiger partial charge in [-0.15, -0.1) is 0 Å². The molecule has 1 saturated heterocycles. The normalized spacial score (nSPS) is 19.9. The van der Waals surface area contributed by atoms with E-state index in [1.54, 1.807) is 0 Å². The Labute approximate surface area is 186 Å². The molecule has 4 rings (SSSR count). The van der Waals surface area contributed by atoms with Crippen molar-refractivity contribution in [2.24, 2.45) is 5.92 Å². The maximum atomic E-state index is 13.7. The van der Waals surface area contributed by atoms with Gasteiger partial charge in [0.1, 0.15) is 11.4 Å². The van der Waals surface area contributed by atoms with E-state index in [2.05, 4.69) is 20.5 Å². The Hall–Kier alpha value is -2.92. The molecule has 7 nitrogen and oxygen atoms in total. The lowest BCUT2D eigenvalue weighted by atomic mass is 9.91. The molecule has 12 heteroatoms. The molecular formula is C21H24F5N5O2. The van der Waals surface area contributed by atoms with Crippen LogP contribution in [0, 0.1) is 12.8 Å². The maximum Gasteiger partial charge on any atom is 0.422 e. The largest absolute Gasteiger partial charge is 0.482 e. The van der Waals surface area contributed by atoms with E-state index >= 15 is 0 Å². The highest BCUT2D eigenvalue weighted by Gasteiger charge is 2.46. The summed E-state index contributed by atoms with van der Waals surface area (Å²) < 4.78 is 70.6. The van der Waals surface area contributed by atoms with Crippen LogP contribution < -0.4 is 15.0 Å². The molecule has 3 heterocycles. The van der Waals surface area contributed by atoms with Crippen molar-refractivity contribution in [3.8, 4) is 5.75 Å². The number of hydrogen-bond acceptors (Lipinski definition) is 5. The molecule has 0 aromatic carbocycles. The lowest BCUT2D eigenvalue weighted by Gasteiger charge is -2.29. The second-order valence-corrected chi connectivity index (χ2v) is 8.84. The average Bonchev–Trinajstić information content (AvgIpc) is 3.40. The van der Waals surface area contributed by atoms with Gasteiger partial charge in [-0.3, -0.25) is 9.89 Å². The molecule has 0 bridgehead atoms. The van der Waals surface area contributed by atoms with Crippen LogP contribution in [0.15, 0.2) is 18.3 Å². The number of aromatic amines is 1. The number of nitrogens with one attached hydrogen (secondary N) is 2. The van der Waals surface area contributed by atoms with E-state index in [0.717, 1.165) is 30.8 Å². The van der Waals surface area contributed by atoms with Crippen molar-refractivity contribution in [1.82, 2.24) is 20.5 Å². The number of pyridine rings is 1. The summed E-state index contributed by atoms with van der Waals surface area (Å²) in [4.78, 5) is 18.3. The molecule has 1 aliphatic carbocycles. The van der Waals surface area contributed by atoms with Gasteiger partial charge < -0.3 is 15.0 Å². The smallest absolute Gasteiger partial charge is 0.422 e. The molecule has 2 N–H and O–H groups in total. The fourth-order valence-electron chi connectivity index (χ4n) is 4.03. The SMILES string of the molecule is Cc1cc(C(C)(NC(=O)c2cc(OCC(F)(F)F)c(N3CCC(F)(F)C3)cn2)C2CC2)n[nH]1. The maximum absolute atomic E-state index is 13.7. The number of nitrogens with zero attached hydrogens (tertiary/aromatic N) is 3. The molecule has 2 aromatic heterocycles. The zero-order valence-corrected chi connectivity index (χ0v) is 18.1. The van der Waals surface area contributed by atoms with Crippen LogP contribution in [-0.4, -0.2) is 52.9 Å². The van der Waals surface area contributed by atoms with E-state index in [9.17, 15) is 26.7 Å². The van der Waals surface area contributed by atoms with Gasteiger partial charge in [-0.1, -0.05) is 0 Å². The van der Waals surface area contributed by atoms with E-state index in [1.165, 1.54) is 4.90 Å². The summed E-state index contributed by atoms with van der Waals surface area (Å²) in [6.07, 6.45) is -2.19. The first-order valence-corrected chi connectivity index (χ1v) is 10.5. The number of carbonyl (C=O) groups excluding carboxylic acids is 1. The van der Waals surface area contributed by atoms with Gasteiger partial charge in [0.15, 0.2) is 6.61 Å². The summed E-state index contributed by atoms with van der Waals surface area (Å²) >= 11 is 0. The molecule has 1 saturated carbocycles. The lowest BCUT2D eigenvalue weighted by Crippen LogP contribution is -2.46. The first kappa shape index (κ1) is 23.2. The molecule has 1 amide bonds. The number of alkyl halides is 5. The van der Waals surface area contributed by atoms with Crippen LogP contribution in [0.25, 0.3) is 0 Å². The van der Waals surface area contributed by atoms with Crippen LogP contribution in [0.1, 0.15) is 48.1 Å². The van der Waals surface area contributed by atoms with Crippen LogP contribution >= 0.6 is 0 Å². The van der Waals surface area contributed by atoms with Crippen molar-refractivity contribution in [1.29, 1.82) is 0 Å². The van der Waals surface area contributed by atoms with Gasteiger partial charge in [-0.25, -0.2) is 13.8 Å².